The molecule has 0 aliphatic carbocycles. The number of hydrogen-bond donors (Lipinski definition) is 5. The van der Waals surface area contributed by atoms with Crippen LogP contribution in [0.1, 0.15) is 6.92 Å². The fraction of sp³-hybridized carbons (Fsp3) is 0.333. The van der Waals surface area contributed by atoms with E-state index >= 15 is 0 Å². The van der Waals surface area contributed by atoms with Crippen molar-refractivity contribution >= 4 is 10.9 Å². The molecule has 1 heterocycles. The van der Waals surface area contributed by atoms with Crippen LogP contribution in [0, 0.1) is 5.92 Å². The first-order valence-corrected chi connectivity index (χ1v) is 9.20. The van der Waals surface area contributed by atoms with Gasteiger partial charge in [0.2, 0.25) is 6.29 Å². The first-order chi connectivity index (χ1) is 13.9. The smallest absolute Gasteiger partial charge is 0.226 e. The average Bonchev–Trinajstić information content (AvgIpc) is 2.77. The van der Waals surface area contributed by atoms with Crippen molar-refractivity contribution in [3.05, 3.63) is 55.0 Å². The van der Waals surface area contributed by atoms with Crippen molar-refractivity contribution in [2.24, 2.45) is 5.92 Å². The molecule has 0 bridgehead atoms. The van der Waals surface area contributed by atoms with Gasteiger partial charge >= 0.3 is 0 Å². The molecule has 0 radical (unpaired) electrons. The number of hydrogen-bond acceptors (Lipinski definition) is 8. The van der Waals surface area contributed by atoms with Crippen molar-refractivity contribution in [1.29, 1.82) is 0 Å². The van der Waals surface area contributed by atoms with Crippen LogP contribution < -0.4 is 4.74 Å². The Morgan fingerprint density at radius 3 is 2.28 bits per heavy atom. The Labute approximate surface area is 167 Å². The summed E-state index contributed by atoms with van der Waals surface area (Å²) in [5, 5.41) is 49.8. The van der Waals surface area contributed by atoms with Gasteiger partial charge in [-0.3, -0.25) is 0 Å². The van der Waals surface area contributed by atoms with Gasteiger partial charge in [-0.05, 0) is 35.4 Å². The van der Waals surface area contributed by atoms with E-state index in [0.29, 0.717) is 0 Å². The monoisotopic (exact) mass is 400 g/mol. The zero-order valence-corrected chi connectivity index (χ0v) is 15.8. The maximum atomic E-state index is 10.0. The van der Waals surface area contributed by atoms with Crippen molar-refractivity contribution in [1.82, 2.24) is 9.97 Å². The summed E-state index contributed by atoms with van der Waals surface area (Å²) in [7, 11) is 0. The highest BCUT2D eigenvalue weighted by atomic mass is 16.6. The van der Waals surface area contributed by atoms with E-state index in [1.165, 1.54) is 13.3 Å². The maximum Gasteiger partial charge on any atom is 0.226 e. The summed E-state index contributed by atoms with van der Waals surface area (Å²) in [6.07, 6.45) is -3.36. The molecule has 0 saturated carbocycles. The van der Waals surface area contributed by atoms with Crippen LogP contribution in [0.2, 0.25) is 0 Å². The normalized spacial score (nSPS) is 16.8. The molecule has 154 valence electrons. The Balaban J connectivity index is 1.68. The maximum absolute atomic E-state index is 10.0. The molecule has 1 aromatic heterocycles. The van der Waals surface area contributed by atoms with Crippen molar-refractivity contribution in [3.63, 3.8) is 0 Å². The van der Waals surface area contributed by atoms with Gasteiger partial charge in [0.05, 0.1) is 11.6 Å². The largest absolute Gasteiger partial charge is 0.462 e. The molecule has 2 aromatic carbocycles. The Bertz CT molecular complexity index is 936. The molecule has 0 saturated heterocycles. The molecule has 0 amide bonds. The van der Waals surface area contributed by atoms with Crippen LogP contribution in [0.25, 0.3) is 22.0 Å². The molecule has 3 rings (SSSR count). The van der Waals surface area contributed by atoms with E-state index < -0.39 is 30.5 Å². The molecule has 8 heteroatoms. The van der Waals surface area contributed by atoms with Crippen LogP contribution >= 0.6 is 0 Å². The lowest BCUT2D eigenvalue weighted by Gasteiger charge is -2.29. The number of rotatable bonds is 8. The Morgan fingerprint density at radius 2 is 1.59 bits per heavy atom. The van der Waals surface area contributed by atoms with Gasteiger partial charge in [0.1, 0.15) is 24.3 Å². The van der Waals surface area contributed by atoms with Crippen LogP contribution in [-0.2, 0) is 0 Å². The molecule has 5 atom stereocenters. The average molecular weight is 400 g/mol. The molecular formula is C21H24N2O6. The van der Waals surface area contributed by atoms with Gasteiger partial charge in [-0.2, -0.15) is 0 Å². The van der Waals surface area contributed by atoms with Gasteiger partial charge in [0.15, 0.2) is 0 Å². The fourth-order valence-corrected chi connectivity index (χ4v) is 2.91. The van der Waals surface area contributed by atoms with Gasteiger partial charge in [-0.15, -0.1) is 0 Å². The van der Waals surface area contributed by atoms with Crippen LogP contribution in [0.3, 0.4) is 0 Å². The summed E-state index contributed by atoms with van der Waals surface area (Å²) in [5.41, 5.74) is 2.71. The summed E-state index contributed by atoms with van der Waals surface area (Å²) < 4.78 is 5.27. The number of aliphatic hydroxyl groups excluding tert-OH is 5. The molecule has 0 fully saturated rings. The second-order valence-electron chi connectivity index (χ2n) is 6.96. The molecule has 8 nitrogen and oxygen atoms in total. The minimum atomic E-state index is -1.76. The number of aliphatic hydroxyl groups is 5. The van der Waals surface area contributed by atoms with E-state index in [1.807, 2.05) is 18.2 Å². The van der Waals surface area contributed by atoms with Crippen molar-refractivity contribution in [3.8, 4) is 16.9 Å². The zero-order valence-electron chi connectivity index (χ0n) is 15.8. The van der Waals surface area contributed by atoms with Crippen molar-refractivity contribution in [2.45, 2.75) is 31.5 Å². The number of aromatic nitrogens is 2. The van der Waals surface area contributed by atoms with E-state index in [4.69, 9.17) is 9.84 Å². The topological polar surface area (TPSA) is 136 Å². The second-order valence-corrected chi connectivity index (χ2v) is 6.96. The summed E-state index contributed by atoms with van der Waals surface area (Å²) in [6.45, 7) is 1.13. The molecule has 29 heavy (non-hydrogen) atoms. The third-order valence-corrected chi connectivity index (χ3v) is 4.81. The quantitative estimate of drug-likeness (QED) is 0.349. The Kier molecular flexibility index (Phi) is 6.73. The predicted octanol–water partition coefficient (Wildman–Crippen LogP) is 0.705. The van der Waals surface area contributed by atoms with Crippen LogP contribution in [0.5, 0.6) is 5.75 Å². The highest BCUT2D eigenvalue weighted by Crippen LogP contribution is 2.26. The minimum absolute atomic E-state index is 0.279. The minimum Gasteiger partial charge on any atom is -0.462 e. The van der Waals surface area contributed by atoms with E-state index in [-0.39, 0.29) is 12.4 Å². The predicted molar refractivity (Wildman–Crippen MR) is 106 cm³/mol. The molecule has 5 unspecified atom stereocenters. The van der Waals surface area contributed by atoms with Gasteiger partial charge in [0.25, 0.3) is 0 Å². The highest BCUT2D eigenvalue weighted by Gasteiger charge is 2.34. The number of fused-ring (bicyclic) bond motifs is 1. The third-order valence-electron chi connectivity index (χ3n) is 4.81. The number of ether oxygens (including phenoxy) is 1. The molecule has 3 aromatic rings. The first-order valence-electron chi connectivity index (χ1n) is 9.20. The van der Waals surface area contributed by atoms with Crippen LogP contribution in [0.15, 0.2) is 55.0 Å². The fourth-order valence-electron chi connectivity index (χ4n) is 2.91. The summed E-state index contributed by atoms with van der Waals surface area (Å²) >= 11 is 0. The van der Waals surface area contributed by atoms with Gasteiger partial charge < -0.3 is 30.3 Å². The molecular weight excluding hydrogens is 376 g/mol. The zero-order chi connectivity index (χ0) is 21.0. The van der Waals surface area contributed by atoms with Crippen molar-refractivity contribution in [2.75, 3.05) is 6.61 Å². The highest BCUT2D eigenvalue weighted by molar-refractivity contribution is 5.83. The second kappa shape index (κ2) is 9.25. The standard InChI is InChI=1S/C21H24N2O6/c1-12(10-24)18(25)19(26)20(27)21(28)29-16-5-2-13(3-6-16)14-4-7-17-15(8-14)9-22-11-23-17/h2-9,11-12,18-21,24-28H,10H2,1H3. The number of nitrogens with zero attached hydrogens (tertiary/aromatic N) is 2. The SMILES string of the molecule is CC(CO)C(O)C(O)C(O)C(O)Oc1ccc(-c2ccc3ncncc3c2)cc1. The van der Waals surface area contributed by atoms with Crippen molar-refractivity contribution < 1.29 is 30.3 Å². The van der Waals surface area contributed by atoms with E-state index in [0.717, 1.165) is 22.0 Å². The third kappa shape index (κ3) is 4.87. The lowest BCUT2D eigenvalue weighted by molar-refractivity contribution is -0.172. The van der Waals surface area contributed by atoms with Gasteiger partial charge in [-0.25, -0.2) is 9.97 Å². The Morgan fingerprint density at radius 1 is 0.897 bits per heavy atom. The summed E-state index contributed by atoms with van der Waals surface area (Å²) in [6, 6.07) is 12.6. The van der Waals surface area contributed by atoms with E-state index in [2.05, 4.69) is 9.97 Å². The van der Waals surface area contributed by atoms with Gasteiger partial charge in [-0.1, -0.05) is 25.1 Å². The summed E-state index contributed by atoms with van der Waals surface area (Å²) in [4.78, 5) is 8.21. The van der Waals surface area contributed by atoms with Crippen LogP contribution in [-0.4, -0.2) is 66.7 Å². The summed E-state index contributed by atoms with van der Waals surface area (Å²) in [5.74, 6) is -0.389. The van der Waals surface area contributed by atoms with E-state index in [9.17, 15) is 20.4 Å². The molecule has 0 aliphatic heterocycles. The lowest BCUT2D eigenvalue weighted by atomic mass is 9.97. The molecule has 5 N–H and O–H groups in total. The van der Waals surface area contributed by atoms with Crippen LogP contribution in [0.4, 0.5) is 0 Å². The van der Waals surface area contributed by atoms with E-state index in [1.54, 1.807) is 30.5 Å². The molecule has 0 aliphatic rings. The molecule has 0 spiro atoms. The lowest BCUT2D eigenvalue weighted by Crippen LogP contribution is -2.49. The first kappa shape index (κ1) is 21.1. The van der Waals surface area contributed by atoms with Gasteiger partial charge in [0, 0.05) is 24.1 Å². The number of benzene rings is 2. The Hall–Kier alpha value is -2.62.